The summed E-state index contributed by atoms with van der Waals surface area (Å²) in [5, 5.41) is 12.8. The van der Waals surface area contributed by atoms with E-state index in [1.807, 2.05) is 18.7 Å². The van der Waals surface area contributed by atoms with Gasteiger partial charge in [0, 0.05) is 11.8 Å². The zero-order valence-electron chi connectivity index (χ0n) is 10.5. The number of rotatable bonds is 7. The lowest BCUT2D eigenvalue weighted by molar-refractivity contribution is 0.434. The van der Waals surface area contributed by atoms with Gasteiger partial charge in [-0.05, 0) is 25.8 Å². The van der Waals surface area contributed by atoms with Crippen LogP contribution in [0.2, 0.25) is 0 Å². The summed E-state index contributed by atoms with van der Waals surface area (Å²) in [6, 6.07) is 0.564. The fraction of sp³-hybridized carbons (Fsp3) is 0.818. The molecule has 0 saturated carbocycles. The van der Waals surface area contributed by atoms with Gasteiger partial charge in [0.25, 0.3) is 0 Å². The van der Waals surface area contributed by atoms with E-state index in [4.69, 9.17) is 0 Å². The molecule has 0 aromatic carbocycles. The number of hydrogen-bond acceptors (Lipinski definition) is 5. The fourth-order valence-corrected chi connectivity index (χ4v) is 3.46. The topological polar surface area (TPSA) is 37.8 Å². The van der Waals surface area contributed by atoms with Gasteiger partial charge in [0.2, 0.25) is 0 Å². The first kappa shape index (κ1) is 13.9. The molecular formula is C11H21N3S2. The van der Waals surface area contributed by atoms with Crippen molar-refractivity contribution in [1.82, 2.24) is 15.5 Å². The Bertz CT molecular complexity index is 299. The number of nitrogens with one attached hydrogen (secondary N) is 1. The molecule has 1 aromatic rings. The minimum Gasteiger partial charge on any atom is -0.313 e. The Morgan fingerprint density at radius 1 is 1.38 bits per heavy atom. The van der Waals surface area contributed by atoms with Crippen molar-refractivity contribution in [2.45, 2.75) is 44.5 Å². The largest absolute Gasteiger partial charge is 0.313 e. The Morgan fingerprint density at radius 2 is 2.12 bits per heavy atom. The highest BCUT2D eigenvalue weighted by Gasteiger charge is 2.13. The van der Waals surface area contributed by atoms with E-state index in [1.54, 1.807) is 11.3 Å². The van der Waals surface area contributed by atoms with Gasteiger partial charge in [0.1, 0.15) is 5.01 Å². The molecule has 16 heavy (non-hydrogen) atoms. The standard InChI is InChI=1S/C11H21N3S2/c1-5-6-12-10(8(2)3)7-15-11-14-13-9(4)16-11/h8,10,12H,5-7H2,1-4H3. The molecule has 0 bridgehead atoms. The van der Waals surface area contributed by atoms with Crippen LogP contribution in [0.5, 0.6) is 0 Å². The summed E-state index contributed by atoms with van der Waals surface area (Å²) in [5.74, 6) is 1.74. The predicted molar refractivity (Wildman–Crippen MR) is 72.3 cm³/mol. The van der Waals surface area contributed by atoms with E-state index in [1.165, 1.54) is 6.42 Å². The second-order valence-electron chi connectivity index (χ2n) is 4.20. The van der Waals surface area contributed by atoms with Crippen LogP contribution in [0, 0.1) is 12.8 Å². The maximum Gasteiger partial charge on any atom is 0.174 e. The van der Waals surface area contributed by atoms with E-state index >= 15 is 0 Å². The molecule has 0 saturated heterocycles. The van der Waals surface area contributed by atoms with E-state index in [0.717, 1.165) is 21.6 Å². The molecule has 0 aliphatic carbocycles. The molecule has 1 N–H and O–H groups in total. The van der Waals surface area contributed by atoms with Crippen molar-refractivity contribution in [1.29, 1.82) is 0 Å². The average molecular weight is 259 g/mol. The van der Waals surface area contributed by atoms with Crippen LogP contribution in [0.1, 0.15) is 32.2 Å². The molecule has 1 unspecified atom stereocenters. The Labute approximate surface area is 106 Å². The Kier molecular flexibility index (Phi) is 6.31. The van der Waals surface area contributed by atoms with Crippen LogP contribution in [-0.4, -0.2) is 28.5 Å². The number of thioether (sulfide) groups is 1. The molecule has 0 radical (unpaired) electrons. The molecule has 0 aliphatic heterocycles. The highest BCUT2D eigenvalue weighted by atomic mass is 32.2. The van der Waals surface area contributed by atoms with Crippen molar-refractivity contribution >= 4 is 23.1 Å². The van der Waals surface area contributed by atoms with Crippen LogP contribution >= 0.6 is 23.1 Å². The summed E-state index contributed by atoms with van der Waals surface area (Å²) in [6.07, 6.45) is 1.19. The lowest BCUT2D eigenvalue weighted by atomic mass is 10.1. The third-order valence-electron chi connectivity index (χ3n) is 2.36. The maximum absolute atomic E-state index is 4.13. The summed E-state index contributed by atoms with van der Waals surface area (Å²) in [7, 11) is 0. The van der Waals surface area contributed by atoms with Crippen LogP contribution in [-0.2, 0) is 0 Å². The van der Waals surface area contributed by atoms with Crippen LogP contribution in [0.25, 0.3) is 0 Å². The summed E-state index contributed by atoms with van der Waals surface area (Å²) in [5.41, 5.74) is 0. The van der Waals surface area contributed by atoms with Crippen LogP contribution in [0.3, 0.4) is 0 Å². The lowest BCUT2D eigenvalue weighted by Crippen LogP contribution is -2.36. The van der Waals surface area contributed by atoms with Crippen molar-refractivity contribution in [3.63, 3.8) is 0 Å². The predicted octanol–water partition coefficient (Wildman–Crippen LogP) is 2.96. The quantitative estimate of drug-likeness (QED) is 0.764. The second-order valence-corrected chi connectivity index (χ2v) is 6.65. The fourth-order valence-electron chi connectivity index (χ4n) is 1.31. The van der Waals surface area contributed by atoms with Gasteiger partial charge in [-0.15, -0.1) is 10.2 Å². The van der Waals surface area contributed by atoms with Gasteiger partial charge < -0.3 is 5.32 Å². The minimum absolute atomic E-state index is 0.564. The Balaban J connectivity index is 2.37. The molecular weight excluding hydrogens is 238 g/mol. The number of aromatic nitrogens is 2. The maximum atomic E-state index is 4.13. The molecule has 0 fully saturated rings. The van der Waals surface area contributed by atoms with E-state index in [0.29, 0.717) is 12.0 Å². The first-order valence-electron chi connectivity index (χ1n) is 5.79. The summed E-state index contributed by atoms with van der Waals surface area (Å²) < 4.78 is 1.08. The minimum atomic E-state index is 0.564. The summed E-state index contributed by atoms with van der Waals surface area (Å²) in [6.45, 7) is 9.82. The molecule has 0 aliphatic rings. The summed E-state index contributed by atoms with van der Waals surface area (Å²) in [4.78, 5) is 0. The zero-order valence-corrected chi connectivity index (χ0v) is 12.1. The lowest BCUT2D eigenvalue weighted by Gasteiger charge is -2.21. The van der Waals surface area contributed by atoms with Crippen LogP contribution in [0.15, 0.2) is 4.34 Å². The first-order chi connectivity index (χ1) is 7.63. The molecule has 92 valence electrons. The molecule has 0 amide bonds. The van der Waals surface area contributed by atoms with E-state index < -0.39 is 0 Å². The number of aryl methyl sites for hydroxylation is 1. The third kappa shape index (κ3) is 4.80. The van der Waals surface area contributed by atoms with Crippen LogP contribution in [0.4, 0.5) is 0 Å². The first-order valence-corrected chi connectivity index (χ1v) is 7.60. The van der Waals surface area contributed by atoms with Gasteiger partial charge in [0.15, 0.2) is 4.34 Å². The number of hydrogen-bond donors (Lipinski definition) is 1. The molecule has 3 nitrogen and oxygen atoms in total. The second kappa shape index (κ2) is 7.25. The van der Waals surface area contributed by atoms with Crippen molar-refractivity contribution in [2.75, 3.05) is 12.3 Å². The Hall–Kier alpha value is -0.130. The van der Waals surface area contributed by atoms with Gasteiger partial charge in [-0.3, -0.25) is 0 Å². The summed E-state index contributed by atoms with van der Waals surface area (Å²) >= 11 is 3.49. The van der Waals surface area contributed by atoms with Gasteiger partial charge in [0.05, 0.1) is 0 Å². The van der Waals surface area contributed by atoms with Gasteiger partial charge in [-0.2, -0.15) is 0 Å². The smallest absolute Gasteiger partial charge is 0.174 e. The number of nitrogens with zero attached hydrogens (tertiary/aromatic N) is 2. The van der Waals surface area contributed by atoms with Gasteiger partial charge >= 0.3 is 0 Å². The molecule has 1 rings (SSSR count). The van der Waals surface area contributed by atoms with Gasteiger partial charge in [-0.25, -0.2) is 0 Å². The average Bonchev–Trinajstić information content (AvgIpc) is 2.64. The van der Waals surface area contributed by atoms with E-state index in [9.17, 15) is 0 Å². The van der Waals surface area contributed by atoms with Crippen LogP contribution < -0.4 is 5.32 Å². The zero-order chi connectivity index (χ0) is 12.0. The molecule has 1 aromatic heterocycles. The van der Waals surface area contributed by atoms with E-state index in [2.05, 4.69) is 36.3 Å². The molecule has 5 heteroatoms. The SMILES string of the molecule is CCCNC(CSc1nnc(C)s1)C(C)C. The highest BCUT2D eigenvalue weighted by molar-refractivity contribution is 8.01. The monoisotopic (exact) mass is 259 g/mol. The van der Waals surface area contributed by atoms with Crippen molar-refractivity contribution in [3.05, 3.63) is 5.01 Å². The molecule has 0 spiro atoms. The van der Waals surface area contributed by atoms with E-state index in [-0.39, 0.29) is 0 Å². The third-order valence-corrected chi connectivity index (χ3v) is 4.45. The van der Waals surface area contributed by atoms with Crippen molar-refractivity contribution in [2.24, 2.45) is 5.92 Å². The van der Waals surface area contributed by atoms with Gasteiger partial charge in [-0.1, -0.05) is 43.9 Å². The normalized spacial score (nSPS) is 13.3. The highest BCUT2D eigenvalue weighted by Crippen LogP contribution is 2.23. The Morgan fingerprint density at radius 3 is 2.62 bits per heavy atom. The molecule has 1 heterocycles. The molecule has 1 atom stereocenters. The van der Waals surface area contributed by atoms with Crippen molar-refractivity contribution in [3.8, 4) is 0 Å². The van der Waals surface area contributed by atoms with Crippen molar-refractivity contribution < 1.29 is 0 Å².